The molecule has 1 fully saturated rings. The van der Waals surface area contributed by atoms with E-state index in [1.54, 1.807) is 0 Å². The van der Waals surface area contributed by atoms with E-state index in [1.807, 2.05) is 0 Å². The zero-order valence-electron chi connectivity index (χ0n) is 7.73. The van der Waals surface area contributed by atoms with Gasteiger partial charge >= 0.3 is 0 Å². The van der Waals surface area contributed by atoms with E-state index in [4.69, 9.17) is 4.74 Å². The van der Waals surface area contributed by atoms with Gasteiger partial charge in [0.1, 0.15) is 0 Å². The summed E-state index contributed by atoms with van der Waals surface area (Å²) in [5.74, 6) is 0.858. The Morgan fingerprint density at radius 3 is 2.82 bits per heavy atom. The number of rotatable bonds is 2. The van der Waals surface area contributed by atoms with Crippen LogP contribution in [-0.4, -0.2) is 18.8 Å². The van der Waals surface area contributed by atoms with Crippen molar-refractivity contribution in [3.63, 3.8) is 0 Å². The van der Waals surface area contributed by atoms with E-state index in [0.717, 1.165) is 19.1 Å². The smallest absolute Gasteiger partial charge is 0.0742 e. The Kier molecular flexibility index (Phi) is 2.90. The largest absolute Gasteiger partial charge is 0.376 e. The SMILES string of the molecule is CC1(C)C[C@@H](CC[NH3+])CCO1. The van der Waals surface area contributed by atoms with E-state index in [-0.39, 0.29) is 5.60 Å². The maximum absolute atomic E-state index is 5.62. The van der Waals surface area contributed by atoms with Gasteiger partial charge in [0, 0.05) is 6.61 Å². The van der Waals surface area contributed by atoms with Gasteiger partial charge in [0.25, 0.3) is 0 Å². The summed E-state index contributed by atoms with van der Waals surface area (Å²) in [6, 6.07) is 0. The van der Waals surface area contributed by atoms with Gasteiger partial charge in [-0.3, -0.25) is 0 Å². The first kappa shape index (κ1) is 9.01. The second-order valence-electron chi connectivity index (χ2n) is 4.11. The van der Waals surface area contributed by atoms with Crippen LogP contribution in [0, 0.1) is 5.92 Å². The molecule has 2 nitrogen and oxygen atoms in total. The Labute approximate surface area is 69.1 Å². The van der Waals surface area contributed by atoms with Gasteiger partial charge in [-0.2, -0.15) is 0 Å². The van der Waals surface area contributed by atoms with Crippen LogP contribution in [0.4, 0.5) is 0 Å². The molecule has 0 saturated carbocycles. The van der Waals surface area contributed by atoms with Crippen LogP contribution in [0.3, 0.4) is 0 Å². The molecule has 2 heteroatoms. The molecule has 0 bridgehead atoms. The van der Waals surface area contributed by atoms with E-state index in [1.165, 1.54) is 19.3 Å². The molecule has 3 N–H and O–H groups in total. The highest BCUT2D eigenvalue weighted by Gasteiger charge is 2.28. The second kappa shape index (κ2) is 3.55. The molecule has 11 heavy (non-hydrogen) atoms. The van der Waals surface area contributed by atoms with E-state index < -0.39 is 0 Å². The minimum atomic E-state index is 0.123. The molecule has 0 aliphatic carbocycles. The zero-order valence-corrected chi connectivity index (χ0v) is 7.73. The highest BCUT2D eigenvalue weighted by molar-refractivity contribution is 4.78. The molecule has 0 aromatic rings. The third-order valence-electron chi connectivity index (χ3n) is 2.41. The third-order valence-corrected chi connectivity index (χ3v) is 2.41. The van der Waals surface area contributed by atoms with Crippen molar-refractivity contribution >= 4 is 0 Å². The molecule has 0 spiro atoms. The van der Waals surface area contributed by atoms with Crippen LogP contribution in [0.5, 0.6) is 0 Å². The summed E-state index contributed by atoms with van der Waals surface area (Å²) in [7, 11) is 0. The molecule has 1 aliphatic heterocycles. The molecule has 0 unspecified atom stereocenters. The summed E-state index contributed by atoms with van der Waals surface area (Å²) < 4.78 is 5.62. The fraction of sp³-hybridized carbons (Fsp3) is 1.00. The average molecular weight is 158 g/mol. The zero-order chi connectivity index (χ0) is 8.32. The molecule has 66 valence electrons. The van der Waals surface area contributed by atoms with Crippen molar-refractivity contribution in [3.8, 4) is 0 Å². The maximum Gasteiger partial charge on any atom is 0.0742 e. The Balaban J connectivity index is 2.34. The van der Waals surface area contributed by atoms with Gasteiger partial charge in [-0.1, -0.05) is 0 Å². The number of hydrogen-bond donors (Lipinski definition) is 1. The normalized spacial score (nSPS) is 30.3. The fourth-order valence-electron chi connectivity index (χ4n) is 1.89. The Bertz CT molecular complexity index is 121. The fourth-order valence-corrected chi connectivity index (χ4v) is 1.89. The molecule has 1 saturated heterocycles. The molecule has 1 rings (SSSR count). The van der Waals surface area contributed by atoms with E-state index >= 15 is 0 Å². The Morgan fingerprint density at radius 2 is 2.27 bits per heavy atom. The van der Waals surface area contributed by atoms with Crippen LogP contribution >= 0.6 is 0 Å². The molecule has 1 heterocycles. The monoisotopic (exact) mass is 158 g/mol. The van der Waals surface area contributed by atoms with Crippen LogP contribution in [0.2, 0.25) is 0 Å². The van der Waals surface area contributed by atoms with Crippen molar-refractivity contribution in [2.45, 2.75) is 38.7 Å². The number of quaternary nitrogens is 1. The van der Waals surface area contributed by atoms with Crippen molar-refractivity contribution in [1.29, 1.82) is 0 Å². The van der Waals surface area contributed by atoms with Crippen molar-refractivity contribution in [2.24, 2.45) is 5.92 Å². The van der Waals surface area contributed by atoms with E-state index in [2.05, 4.69) is 19.6 Å². The summed E-state index contributed by atoms with van der Waals surface area (Å²) in [5.41, 5.74) is 4.01. The van der Waals surface area contributed by atoms with Gasteiger partial charge < -0.3 is 10.5 Å². The lowest BCUT2D eigenvalue weighted by Crippen LogP contribution is -2.51. The van der Waals surface area contributed by atoms with Gasteiger partial charge in [-0.05, 0) is 39.0 Å². The van der Waals surface area contributed by atoms with Gasteiger partial charge in [0.2, 0.25) is 0 Å². The van der Waals surface area contributed by atoms with Crippen LogP contribution in [0.25, 0.3) is 0 Å². The molecule has 0 aromatic heterocycles. The first-order valence-electron chi connectivity index (χ1n) is 4.57. The predicted molar refractivity (Wildman–Crippen MR) is 45.1 cm³/mol. The summed E-state index contributed by atoms with van der Waals surface area (Å²) >= 11 is 0. The number of ether oxygens (including phenoxy) is 1. The van der Waals surface area contributed by atoms with E-state index in [9.17, 15) is 0 Å². The summed E-state index contributed by atoms with van der Waals surface area (Å²) in [5, 5.41) is 0. The highest BCUT2D eigenvalue weighted by Crippen LogP contribution is 2.29. The first-order chi connectivity index (χ1) is 5.14. The molecular weight excluding hydrogens is 138 g/mol. The Morgan fingerprint density at radius 1 is 1.55 bits per heavy atom. The van der Waals surface area contributed by atoms with Gasteiger partial charge in [0.15, 0.2) is 0 Å². The summed E-state index contributed by atoms with van der Waals surface area (Å²) in [6.45, 7) is 6.38. The second-order valence-corrected chi connectivity index (χ2v) is 4.11. The lowest BCUT2D eigenvalue weighted by Gasteiger charge is -2.35. The first-order valence-corrected chi connectivity index (χ1v) is 4.57. The lowest BCUT2D eigenvalue weighted by molar-refractivity contribution is -0.371. The topological polar surface area (TPSA) is 36.9 Å². The van der Waals surface area contributed by atoms with Crippen LogP contribution < -0.4 is 5.73 Å². The highest BCUT2D eigenvalue weighted by atomic mass is 16.5. The molecule has 0 amide bonds. The van der Waals surface area contributed by atoms with Gasteiger partial charge in [-0.25, -0.2) is 0 Å². The molecule has 0 aromatic carbocycles. The predicted octanol–water partition coefficient (Wildman–Crippen LogP) is 0.824. The van der Waals surface area contributed by atoms with Crippen molar-refractivity contribution in [2.75, 3.05) is 13.2 Å². The molecule has 1 atom stereocenters. The standard InChI is InChI=1S/C9H19NO/c1-9(2)7-8(3-5-10)4-6-11-9/h8H,3-7,10H2,1-2H3/p+1/t8-/m0/s1. The van der Waals surface area contributed by atoms with Crippen molar-refractivity contribution in [3.05, 3.63) is 0 Å². The molecule has 1 aliphatic rings. The lowest BCUT2D eigenvalue weighted by atomic mass is 9.86. The molecular formula is C9H20NO+. The third kappa shape index (κ3) is 2.80. The van der Waals surface area contributed by atoms with Crippen LogP contribution in [-0.2, 0) is 4.74 Å². The maximum atomic E-state index is 5.62. The minimum Gasteiger partial charge on any atom is -0.376 e. The average Bonchev–Trinajstić information content (AvgIpc) is 1.85. The van der Waals surface area contributed by atoms with Crippen LogP contribution in [0.1, 0.15) is 33.1 Å². The van der Waals surface area contributed by atoms with Crippen molar-refractivity contribution < 1.29 is 10.5 Å². The van der Waals surface area contributed by atoms with Crippen molar-refractivity contribution in [1.82, 2.24) is 0 Å². The summed E-state index contributed by atoms with van der Waals surface area (Å²) in [6.07, 6.45) is 3.72. The Hall–Kier alpha value is -0.0800. The van der Waals surface area contributed by atoms with Gasteiger partial charge in [0.05, 0.1) is 12.1 Å². The molecule has 0 radical (unpaired) electrons. The quantitative estimate of drug-likeness (QED) is 0.635. The van der Waals surface area contributed by atoms with Crippen LogP contribution in [0.15, 0.2) is 0 Å². The van der Waals surface area contributed by atoms with E-state index in [0.29, 0.717) is 0 Å². The summed E-state index contributed by atoms with van der Waals surface area (Å²) in [4.78, 5) is 0. The minimum absolute atomic E-state index is 0.123. The van der Waals surface area contributed by atoms with Gasteiger partial charge in [-0.15, -0.1) is 0 Å². The number of hydrogen-bond acceptors (Lipinski definition) is 1.